The molecule has 1 aliphatic heterocycles. The summed E-state index contributed by atoms with van der Waals surface area (Å²) in [7, 11) is 0. The number of hydrogen-bond acceptors (Lipinski definition) is 5. The molecule has 0 radical (unpaired) electrons. The molecular weight excluding hydrogens is 420 g/mol. The molecule has 0 aliphatic carbocycles. The van der Waals surface area contributed by atoms with Gasteiger partial charge in [0.1, 0.15) is 11.1 Å². The molecule has 8 nitrogen and oxygen atoms in total. The number of carbonyl (C=O) groups excluding carboxylic acids is 3. The first kappa shape index (κ1) is 22.3. The Balaban J connectivity index is 1.51. The predicted molar refractivity (Wildman–Crippen MR) is 124 cm³/mol. The summed E-state index contributed by atoms with van der Waals surface area (Å²) in [5.74, 6) is -1.41. The number of esters is 1. The average molecular weight is 447 g/mol. The van der Waals surface area contributed by atoms with Crippen molar-refractivity contribution in [3.8, 4) is 0 Å². The number of anilines is 2. The Hall–Kier alpha value is -3.94. The first-order valence-corrected chi connectivity index (χ1v) is 10.7. The molecule has 33 heavy (non-hydrogen) atoms. The molecule has 170 valence electrons. The molecule has 0 saturated carbocycles. The highest BCUT2D eigenvalue weighted by Crippen LogP contribution is 2.36. The Morgan fingerprint density at radius 2 is 1.70 bits per heavy atom. The smallest absolute Gasteiger partial charge is 0.342 e. The van der Waals surface area contributed by atoms with Gasteiger partial charge in [0.05, 0.1) is 29.3 Å². The lowest BCUT2D eigenvalue weighted by Gasteiger charge is -2.41. The molecule has 2 heterocycles. The van der Waals surface area contributed by atoms with Crippen molar-refractivity contribution in [1.29, 1.82) is 0 Å². The lowest BCUT2D eigenvalue weighted by molar-refractivity contribution is -0.128. The number of rotatable bonds is 5. The van der Waals surface area contributed by atoms with Crippen LogP contribution in [0.1, 0.15) is 41.2 Å². The topological polar surface area (TPSA) is 93.5 Å². The fraction of sp³-hybridized carbons (Fsp3) is 0.280. The van der Waals surface area contributed by atoms with Crippen molar-refractivity contribution in [2.75, 3.05) is 16.8 Å². The average Bonchev–Trinajstić information content (AvgIpc) is 3.06. The first-order valence-electron chi connectivity index (χ1n) is 10.7. The van der Waals surface area contributed by atoms with Crippen LogP contribution in [0.2, 0.25) is 0 Å². The molecule has 0 bridgehead atoms. The molecule has 0 atom stereocenters. The van der Waals surface area contributed by atoms with E-state index >= 15 is 0 Å². The number of para-hydroxylation sites is 2. The third-order valence-electron chi connectivity index (χ3n) is 5.84. The fourth-order valence-electron chi connectivity index (χ4n) is 4.07. The molecule has 1 aliphatic rings. The molecule has 0 fully saturated rings. The number of aromatic nitrogens is 2. The van der Waals surface area contributed by atoms with Gasteiger partial charge in [-0.2, -0.15) is 5.10 Å². The van der Waals surface area contributed by atoms with Crippen LogP contribution in [0.15, 0.2) is 54.6 Å². The predicted octanol–water partition coefficient (Wildman–Crippen LogP) is 3.47. The van der Waals surface area contributed by atoms with Crippen molar-refractivity contribution in [3.63, 3.8) is 0 Å². The highest BCUT2D eigenvalue weighted by Gasteiger charge is 2.43. The van der Waals surface area contributed by atoms with Crippen molar-refractivity contribution < 1.29 is 19.1 Å². The Kier molecular flexibility index (Phi) is 5.76. The summed E-state index contributed by atoms with van der Waals surface area (Å²) in [6.07, 6.45) is 0. The SMILES string of the molecule is Cc1nn(Cc2ccccc2)c(C)c1C(=O)OCC(=O)N1c2ccccc2NC(=O)C1(C)C. The second-order valence-electron chi connectivity index (χ2n) is 8.52. The lowest BCUT2D eigenvalue weighted by atomic mass is 9.96. The van der Waals surface area contributed by atoms with Crippen LogP contribution in [-0.2, 0) is 20.9 Å². The maximum absolute atomic E-state index is 13.1. The molecule has 2 amide bonds. The van der Waals surface area contributed by atoms with Gasteiger partial charge < -0.3 is 10.1 Å². The van der Waals surface area contributed by atoms with E-state index in [4.69, 9.17) is 4.74 Å². The lowest BCUT2D eigenvalue weighted by Crippen LogP contribution is -2.59. The normalized spacial score (nSPS) is 14.4. The van der Waals surface area contributed by atoms with E-state index in [9.17, 15) is 14.4 Å². The zero-order valence-electron chi connectivity index (χ0n) is 19.1. The highest BCUT2D eigenvalue weighted by atomic mass is 16.5. The molecule has 8 heteroatoms. The number of amides is 2. The molecule has 1 aromatic heterocycles. The van der Waals surface area contributed by atoms with Gasteiger partial charge in [0.2, 0.25) is 5.91 Å². The maximum atomic E-state index is 13.1. The number of nitrogens with one attached hydrogen (secondary N) is 1. The number of hydrogen-bond donors (Lipinski definition) is 1. The number of nitrogens with zero attached hydrogens (tertiary/aromatic N) is 3. The Morgan fingerprint density at radius 3 is 2.42 bits per heavy atom. The molecule has 1 N–H and O–H groups in total. The van der Waals surface area contributed by atoms with Crippen molar-refractivity contribution in [3.05, 3.63) is 77.1 Å². The third-order valence-corrected chi connectivity index (χ3v) is 5.84. The molecule has 0 saturated heterocycles. The zero-order valence-corrected chi connectivity index (χ0v) is 19.1. The second kappa shape index (κ2) is 8.54. The molecule has 0 unspecified atom stereocenters. The molecule has 3 aromatic rings. The van der Waals surface area contributed by atoms with Gasteiger partial charge in [-0.15, -0.1) is 0 Å². The standard InChI is InChI=1S/C25H26N4O4/c1-16-22(17(2)28(27-16)14-18-10-6-5-7-11-18)23(31)33-15-21(30)29-20-13-9-8-12-19(20)26-24(32)25(29,3)4/h5-13H,14-15H2,1-4H3,(H,26,32). The molecule has 2 aromatic carbocycles. The van der Waals surface area contributed by atoms with Gasteiger partial charge in [0, 0.05) is 0 Å². The van der Waals surface area contributed by atoms with Gasteiger partial charge >= 0.3 is 5.97 Å². The molecular formula is C25H26N4O4. The Bertz CT molecular complexity index is 1230. The highest BCUT2D eigenvalue weighted by molar-refractivity contribution is 6.14. The number of ether oxygens (including phenoxy) is 1. The van der Waals surface area contributed by atoms with Crippen LogP contribution in [0.25, 0.3) is 0 Å². The van der Waals surface area contributed by atoms with Gasteiger partial charge in [0.25, 0.3) is 5.91 Å². The second-order valence-corrected chi connectivity index (χ2v) is 8.52. The summed E-state index contributed by atoms with van der Waals surface area (Å²) >= 11 is 0. The minimum absolute atomic E-state index is 0.310. The van der Waals surface area contributed by atoms with Crippen LogP contribution in [-0.4, -0.2) is 39.7 Å². The van der Waals surface area contributed by atoms with Crippen molar-refractivity contribution >= 4 is 29.2 Å². The minimum Gasteiger partial charge on any atom is -0.452 e. The minimum atomic E-state index is -1.13. The zero-order chi connectivity index (χ0) is 23.8. The summed E-state index contributed by atoms with van der Waals surface area (Å²) in [5, 5.41) is 7.29. The van der Waals surface area contributed by atoms with Crippen molar-refractivity contribution in [2.45, 2.75) is 39.8 Å². The fourth-order valence-corrected chi connectivity index (χ4v) is 4.07. The third kappa shape index (κ3) is 4.11. The van der Waals surface area contributed by atoms with Gasteiger partial charge in [-0.05, 0) is 45.4 Å². The number of benzene rings is 2. The van der Waals surface area contributed by atoms with E-state index in [0.29, 0.717) is 34.9 Å². The van der Waals surface area contributed by atoms with E-state index in [0.717, 1.165) is 5.56 Å². The van der Waals surface area contributed by atoms with E-state index in [1.54, 1.807) is 56.6 Å². The van der Waals surface area contributed by atoms with Crippen molar-refractivity contribution in [1.82, 2.24) is 9.78 Å². The van der Waals surface area contributed by atoms with E-state index in [1.807, 2.05) is 30.3 Å². The van der Waals surface area contributed by atoms with Crippen LogP contribution in [0, 0.1) is 13.8 Å². The van der Waals surface area contributed by atoms with Crippen LogP contribution >= 0.6 is 0 Å². The van der Waals surface area contributed by atoms with Crippen molar-refractivity contribution in [2.24, 2.45) is 0 Å². The van der Waals surface area contributed by atoms with Crippen LogP contribution < -0.4 is 10.2 Å². The van der Waals surface area contributed by atoms with Crippen LogP contribution in [0.5, 0.6) is 0 Å². The first-order chi connectivity index (χ1) is 15.7. The summed E-state index contributed by atoms with van der Waals surface area (Å²) in [6.45, 7) is 6.87. The van der Waals surface area contributed by atoms with E-state index in [-0.39, 0.29) is 5.91 Å². The quantitative estimate of drug-likeness (QED) is 0.606. The summed E-state index contributed by atoms with van der Waals surface area (Å²) in [5.41, 5.74) is 2.56. The molecule has 4 rings (SSSR count). The number of aryl methyl sites for hydroxylation is 1. The molecule has 0 spiro atoms. The Labute approximate surface area is 192 Å². The summed E-state index contributed by atoms with van der Waals surface area (Å²) in [4.78, 5) is 40.0. The summed E-state index contributed by atoms with van der Waals surface area (Å²) < 4.78 is 7.14. The number of carbonyl (C=O) groups is 3. The van der Waals surface area contributed by atoms with Crippen LogP contribution in [0.4, 0.5) is 11.4 Å². The largest absolute Gasteiger partial charge is 0.452 e. The monoisotopic (exact) mass is 446 g/mol. The summed E-state index contributed by atoms with van der Waals surface area (Å²) in [6, 6.07) is 16.8. The van der Waals surface area contributed by atoms with E-state index in [1.165, 1.54) is 4.90 Å². The van der Waals surface area contributed by atoms with Gasteiger partial charge in [0.15, 0.2) is 6.61 Å². The van der Waals surface area contributed by atoms with Gasteiger partial charge in [-0.3, -0.25) is 19.2 Å². The van der Waals surface area contributed by atoms with E-state index in [2.05, 4.69) is 10.4 Å². The van der Waals surface area contributed by atoms with Gasteiger partial charge in [-0.1, -0.05) is 42.5 Å². The van der Waals surface area contributed by atoms with E-state index < -0.39 is 24.0 Å². The van der Waals surface area contributed by atoms with Crippen LogP contribution in [0.3, 0.4) is 0 Å². The Morgan fingerprint density at radius 1 is 1.03 bits per heavy atom. The number of fused-ring (bicyclic) bond motifs is 1. The maximum Gasteiger partial charge on any atom is 0.342 e. The van der Waals surface area contributed by atoms with Gasteiger partial charge in [-0.25, -0.2) is 4.79 Å².